The maximum atomic E-state index is 13.8. The summed E-state index contributed by atoms with van der Waals surface area (Å²) < 4.78 is 13.8. The summed E-state index contributed by atoms with van der Waals surface area (Å²) in [6.45, 7) is 7.37. The van der Waals surface area contributed by atoms with Crippen molar-refractivity contribution in [1.82, 2.24) is 15.0 Å². The Bertz CT molecular complexity index is 627. The average molecular weight is 290 g/mol. The van der Waals surface area contributed by atoms with Crippen molar-refractivity contribution in [3.05, 3.63) is 29.6 Å². The first-order valence-corrected chi connectivity index (χ1v) is 6.83. The van der Waals surface area contributed by atoms with E-state index >= 15 is 0 Å². The van der Waals surface area contributed by atoms with Crippen molar-refractivity contribution in [2.24, 2.45) is 0 Å². The van der Waals surface area contributed by atoms with Gasteiger partial charge in [0.25, 0.3) is 0 Å². The molecule has 1 aromatic carbocycles. The van der Waals surface area contributed by atoms with Crippen LogP contribution in [0.2, 0.25) is 0 Å². The second-order valence-electron chi connectivity index (χ2n) is 4.60. The van der Waals surface area contributed by atoms with Crippen molar-refractivity contribution in [1.29, 1.82) is 0 Å². The van der Waals surface area contributed by atoms with Gasteiger partial charge in [-0.15, -0.1) is 0 Å². The molecule has 0 bridgehead atoms. The lowest BCUT2D eigenvalue weighted by molar-refractivity contribution is 0.631. The molecule has 112 valence electrons. The standard InChI is InChI=1S/C14H19FN6/c1-4-21(5-2)14-19-12(16)18-13(20-14)17-11-8-9(3)6-7-10(11)15/h6-8H,4-5H2,1-3H3,(H3,16,17,18,19,20). The summed E-state index contributed by atoms with van der Waals surface area (Å²) in [5, 5.41) is 2.85. The van der Waals surface area contributed by atoms with E-state index in [4.69, 9.17) is 5.73 Å². The topological polar surface area (TPSA) is 80.0 Å². The third kappa shape index (κ3) is 3.56. The van der Waals surface area contributed by atoms with Gasteiger partial charge in [-0.1, -0.05) is 6.07 Å². The Morgan fingerprint density at radius 2 is 1.90 bits per heavy atom. The van der Waals surface area contributed by atoms with Crippen LogP contribution in [-0.2, 0) is 0 Å². The summed E-state index contributed by atoms with van der Waals surface area (Å²) in [5.41, 5.74) is 6.95. The predicted molar refractivity (Wildman–Crippen MR) is 82.2 cm³/mol. The summed E-state index contributed by atoms with van der Waals surface area (Å²) in [7, 11) is 0. The van der Waals surface area contributed by atoms with Gasteiger partial charge in [-0.2, -0.15) is 15.0 Å². The molecule has 0 aliphatic rings. The number of benzene rings is 1. The lowest BCUT2D eigenvalue weighted by Gasteiger charge is -2.19. The smallest absolute Gasteiger partial charge is 0.233 e. The second-order valence-corrected chi connectivity index (χ2v) is 4.60. The highest BCUT2D eigenvalue weighted by molar-refractivity contribution is 5.57. The summed E-state index contributed by atoms with van der Waals surface area (Å²) >= 11 is 0. The van der Waals surface area contributed by atoms with Crippen LogP contribution in [0.15, 0.2) is 18.2 Å². The van der Waals surface area contributed by atoms with E-state index in [-0.39, 0.29) is 17.7 Å². The van der Waals surface area contributed by atoms with Crippen LogP contribution in [0.5, 0.6) is 0 Å². The summed E-state index contributed by atoms with van der Waals surface area (Å²) in [4.78, 5) is 14.3. The number of hydrogen-bond acceptors (Lipinski definition) is 6. The van der Waals surface area contributed by atoms with E-state index < -0.39 is 0 Å². The molecule has 0 fully saturated rings. The normalized spacial score (nSPS) is 10.5. The number of aromatic nitrogens is 3. The zero-order valence-electron chi connectivity index (χ0n) is 12.4. The number of aryl methyl sites for hydroxylation is 1. The Morgan fingerprint density at radius 1 is 1.19 bits per heavy atom. The van der Waals surface area contributed by atoms with Gasteiger partial charge in [-0.25, -0.2) is 4.39 Å². The average Bonchev–Trinajstić information content (AvgIpc) is 2.44. The van der Waals surface area contributed by atoms with Crippen LogP contribution in [0.25, 0.3) is 0 Å². The molecule has 0 aliphatic carbocycles. The SMILES string of the molecule is CCN(CC)c1nc(N)nc(Nc2cc(C)ccc2F)n1. The van der Waals surface area contributed by atoms with Crippen LogP contribution in [0, 0.1) is 12.7 Å². The zero-order valence-corrected chi connectivity index (χ0v) is 12.4. The first-order valence-electron chi connectivity index (χ1n) is 6.83. The van der Waals surface area contributed by atoms with Crippen LogP contribution in [0.1, 0.15) is 19.4 Å². The Labute approximate surface area is 123 Å². The number of nitrogen functional groups attached to an aromatic ring is 1. The fraction of sp³-hybridized carbons (Fsp3) is 0.357. The van der Waals surface area contributed by atoms with E-state index in [9.17, 15) is 4.39 Å². The lowest BCUT2D eigenvalue weighted by Crippen LogP contribution is -2.25. The predicted octanol–water partition coefficient (Wildman–Crippen LogP) is 2.49. The fourth-order valence-electron chi connectivity index (χ4n) is 1.94. The largest absolute Gasteiger partial charge is 0.368 e. The van der Waals surface area contributed by atoms with Crippen molar-refractivity contribution in [3.63, 3.8) is 0 Å². The highest BCUT2D eigenvalue weighted by Gasteiger charge is 2.11. The summed E-state index contributed by atoms with van der Waals surface area (Å²) in [6, 6.07) is 4.78. The molecule has 0 atom stereocenters. The Hall–Kier alpha value is -2.44. The van der Waals surface area contributed by atoms with Crippen LogP contribution >= 0.6 is 0 Å². The second kappa shape index (κ2) is 6.34. The number of rotatable bonds is 5. The summed E-state index contributed by atoms with van der Waals surface area (Å²) in [5.74, 6) is 0.434. The van der Waals surface area contributed by atoms with Crippen molar-refractivity contribution in [2.45, 2.75) is 20.8 Å². The molecule has 0 spiro atoms. The Balaban J connectivity index is 2.34. The number of nitrogens with two attached hydrogens (primary N) is 1. The van der Waals surface area contributed by atoms with Gasteiger partial charge in [0, 0.05) is 13.1 Å². The molecule has 0 unspecified atom stereocenters. The minimum Gasteiger partial charge on any atom is -0.368 e. The number of hydrogen-bond donors (Lipinski definition) is 2. The number of anilines is 4. The van der Waals surface area contributed by atoms with Gasteiger partial charge in [0.15, 0.2) is 0 Å². The van der Waals surface area contributed by atoms with Gasteiger partial charge in [-0.3, -0.25) is 0 Å². The van der Waals surface area contributed by atoms with E-state index in [1.54, 1.807) is 12.1 Å². The molecule has 6 nitrogen and oxygen atoms in total. The molecule has 0 saturated heterocycles. The number of halogens is 1. The lowest BCUT2D eigenvalue weighted by atomic mass is 10.2. The highest BCUT2D eigenvalue weighted by Crippen LogP contribution is 2.20. The highest BCUT2D eigenvalue weighted by atomic mass is 19.1. The van der Waals surface area contributed by atoms with Crippen molar-refractivity contribution < 1.29 is 4.39 Å². The molecule has 7 heteroatoms. The van der Waals surface area contributed by atoms with Gasteiger partial charge in [0.05, 0.1) is 5.69 Å². The van der Waals surface area contributed by atoms with Crippen LogP contribution in [0.3, 0.4) is 0 Å². The monoisotopic (exact) mass is 290 g/mol. The maximum absolute atomic E-state index is 13.8. The van der Waals surface area contributed by atoms with Gasteiger partial charge in [0.2, 0.25) is 17.8 Å². The summed E-state index contributed by atoms with van der Waals surface area (Å²) in [6.07, 6.45) is 0. The van der Waals surface area contributed by atoms with Crippen molar-refractivity contribution in [2.75, 3.05) is 29.0 Å². The molecular weight excluding hydrogens is 271 g/mol. The molecule has 21 heavy (non-hydrogen) atoms. The molecule has 1 heterocycles. The van der Waals surface area contributed by atoms with E-state index in [1.807, 2.05) is 25.7 Å². The Morgan fingerprint density at radius 3 is 2.57 bits per heavy atom. The van der Waals surface area contributed by atoms with Gasteiger partial charge in [0.1, 0.15) is 5.82 Å². The van der Waals surface area contributed by atoms with E-state index in [0.717, 1.165) is 18.7 Å². The maximum Gasteiger partial charge on any atom is 0.233 e. The first-order chi connectivity index (χ1) is 10.0. The Kier molecular flexibility index (Phi) is 4.52. The minimum absolute atomic E-state index is 0.0995. The van der Waals surface area contributed by atoms with Crippen LogP contribution < -0.4 is 16.0 Å². The molecule has 0 saturated carbocycles. The molecular formula is C14H19FN6. The first kappa shape index (κ1) is 15.0. The van der Waals surface area contributed by atoms with Gasteiger partial charge in [-0.05, 0) is 38.5 Å². The van der Waals surface area contributed by atoms with Crippen molar-refractivity contribution >= 4 is 23.5 Å². The molecule has 0 amide bonds. The molecule has 3 N–H and O–H groups in total. The van der Waals surface area contributed by atoms with Gasteiger partial charge >= 0.3 is 0 Å². The van der Waals surface area contributed by atoms with Crippen LogP contribution in [-0.4, -0.2) is 28.0 Å². The molecule has 2 aromatic rings. The number of nitrogens with zero attached hydrogens (tertiary/aromatic N) is 4. The van der Waals surface area contributed by atoms with E-state index in [1.165, 1.54) is 6.07 Å². The number of nitrogens with one attached hydrogen (secondary N) is 1. The van der Waals surface area contributed by atoms with Gasteiger partial charge < -0.3 is 16.0 Å². The third-order valence-electron chi connectivity index (χ3n) is 3.06. The quantitative estimate of drug-likeness (QED) is 0.880. The minimum atomic E-state index is -0.371. The van der Waals surface area contributed by atoms with E-state index in [0.29, 0.717) is 11.6 Å². The zero-order chi connectivity index (χ0) is 15.4. The van der Waals surface area contributed by atoms with Crippen LogP contribution in [0.4, 0.5) is 27.9 Å². The molecule has 1 aromatic heterocycles. The fourth-order valence-corrected chi connectivity index (χ4v) is 1.94. The van der Waals surface area contributed by atoms with E-state index in [2.05, 4.69) is 20.3 Å². The molecule has 0 radical (unpaired) electrons. The molecule has 2 rings (SSSR count). The van der Waals surface area contributed by atoms with Crippen molar-refractivity contribution in [3.8, 4) is 0 Å². The molecule has 0 aliphatic heterocycles. The third-order valence-corrected chi connectivity index (χ3v) is 3.06.